The quantitative estimate of drug-likeness (QED) is 0.617. The molecule has 50 valence electrons. The number of rotatable bonds is 1. The third-order valence-electron chi connectivity index (χ3n) is 1.27. The summed E-state index contributed by atoms with van der Waals surface area (Å²) in [5, 5.41) is 0. The summed E-state index contributed by atoms with van der Waals surface area (Å²) in [6.45, 7) is 5.83. The molecular formula is C9H12Sr. The second-order valence-corrected chi connectivity index (χ2v) is 2.15. The molecule has 1 rings (SSSR count). The van der Waals surface area contributed by atoms with Gasteiger partial charge in [0.2, 0.25) is 0 Å². The SMILES string of the molecule is C=C(C)c1ccccc1.[SrH2]. The van der Waals surface area contributed by atoms with E-state index in [-0.39, 0.29) is 45.5 Å². The Morgan fingerprint density at radius 2 is 1.70 bits per heavy atom. The number of hydrogen-bond acceptors (Lipinski definition) is 0. The van der Waals surface area contributed by atoms with Gasteiger partial charge in [-0.15, -0.1) is 0 Å². The number of hydrogen-bond donors (Lipinski definition) is 0. The van der Waals surface area contributed by atoms with E-state index in [1.165, 1.54) is 5.56 Å². The second-order valence-electron chi connectivity index (χ2n) is 2.15. The maximum atomic E-state index is 3.83. The van der Waals surface area contributed by atoms with E-state index in [2.05, 4.69) is 18.7 Å². The van der Waals surface area contributed by atoms with E-state index < -0.39 is 0 Å². The van der Waals surface area contributed by atoms with Crippen LogP contribution in [0.4, 0.5) is 0 Å². The molecule has 0 aliphatic heterocycles. The fourth-order valence-corrected chi connectivity index (χ4v) is 0.723. The number of allylic oxidation sites excluding steroid dienone is 1. The van der Waals surface area contributed by atoms with Crippen LogP contribution in [-0.4, -0.2) is 45.5 Å². The van der Waals surface area contributed by atoms with Gasteiger partial charge in [0.25, 0.3) is 0 Å². The van der Waals surface area contributed by atoms with Gasteiger partial charge in [-0.25, -0.2) is 0 Å². The maximum absolute atomic E-state index is 3.83. The molecule has 0 heterocycles. The van der Waals surface area contributed by atoms with Crippen molar-refractivity contribution in [1.82, 2.24) is 0 Å². The summed E-state index contributed by atoms with van der Waals surface area (Å²) in [6, 6.07) is 10.2. The van der Waals surface area contributed by atoms with Crippen molar-refractivity contribution >= 4 is 51.1 Å². The standard InChI is InChI=1S/C9H10.Sr.2H/c1-8(2)9-6-4-3-5-7-9;;;/h3-7H,1H2,2H3;;;. The van der Waals surface area contributed by atoms with Crippen molar-refractivity contribution in [3.05, 3.63) is 42.5 Å². The van der Waals surface area contributed by atoms with Gasteiger partial charge in [-0.1, -0.05) is 42.5 Å². The first kappa shape index (κ1) is 10.4. The van der Waals surface area contributed by atoms with Crippen molar-refractivity contribution in [3.63, 3.8) is 0 Å². The summed E-state index contributed by atoms with van der Waals surface area (Å²) in [7, 11) is 0. The zero-order chi connectivity index (χ0) is 6.69. The first-order chi connectivity index (χ1) is 4.30. The summed E-state index contributed by atoms with van der Waals surface area (Å²) < 4.78 is 0. The zero-order valence-corrected chi connectivity index (χ0v) is 5.59. The van der Waals surface area contributed by atoms with Crippen molar-refractivity contribution in [2.75, 3.05) is 0 Å². The molecule has 0 nitrogen and oxygen atoms in total. The Kier molecular flexibility index (Phi) is 5.36. The number of benzene rings is 1. The van der Waals surface area contributed by atoms with Gasteiger partial charge < -0.3 is 0 Å². The molecule has 0 aliphatic carbocycles. The molecular weight excluding hydrogens is 196 g/mol. The average molecular weight is 208 g/mol. The van der Waals surface area contributed by atoms with Crippen molar-refractivity contribution in [1.29, 1.82) is 0 Å². The van der Waals surface area contributed by atoms with Crippen LogP contribution in [0.1, 0.15) is 12.5 Å². The van der Waals surface area contributed by atoms with Crippen LogP contribution in [0.5, 0.6) is 0 Å². The summed E-state index contributed by atoms with van der Waals surface area (Å²) >= 11 is 0. The van der Waals surface area contributed by atoms with Crippen LogP contribution in [0.15, 0.2) is 36.9 Å². The van der Waals surface area contributed by atoms with E-state index >= 15 is 0 Å². The van der Waals surface area contributed by atoms with Crippen LogP contribution in [-0.2, 0) is 0 Å². The molecule has 0 radical (unpaired) electrons. The molecule has 0 bridgehead atoms. The molecule has 0 saturated carbocycles. The van der Waals surface area contributed by atoms with Crippen molar-refractivity contribution in [2.45, 2.75) is 6.92 Å². The third-order valence-corrected chi connectivity index (χ3v) is 1.27. The predicted octanol–water partition coefficient (Wildman–Crippen LogP) is 1.80. The molecule has 0 N–H and O–H groups in total. The van der Waals surface area contributed by atoms with Crippen LogP contribution < -0.4 is 0 Å². The van der Waals surface area contributed by atoms with Crippen LogP contribution in [0, 0.1) is 0 Å². The van der Waals surface area contributed by atoms with Crippen molar-refractivity contribution < 1.29 is 0 Å². The van der Waals surface area contributed by atoms with Crippen LogP contribution in [0.3, 0.4) is 0 Å². The molecule has 0 saturated heterocycles. The fourth-order valence-electron chi connectivity index (χ4n) is 0.723. The summed E-state index contributed by atoms with van der Waals surface area (Å²) in [5.41, 5.74) is 2.34. The van der Waals surface area contributed by atoms with Gasteiger partial charge in [0.05, 0.1) is 0 Å². The van der Waals surface area contributed by atoms with E-state index in [9.17, 15) is 0 Å². The van der Waals surface area contributed by atoms with Gasteiger partial charge >= 0.3 is 45.5 Å². The molecule has 0 unspecified atom stereocenters. The normalized spacial score (nSPS) is 8.10. The minimum atomic E-state index is 0. The van der Waals surface area contributed by atoms with E-state index in [0.717, 1.165) is 5.57 Å². The molecule has 0 amide bonds. The average Bonchev–Trinajstić information content (AvgIpc) is 1.90. The second kappa shape index (κ2) is 5.14. The Morgan fingerprint density at radius 1 is 1.20 bits per heavy atom. The Hall–Kier alpha value is 0.441. The third kappa shape index (κ3) is 3.02. The first-order valence-electron chi connectivity index (χ1n) is 3.01. The molecule has 0 aliphatic rings. The Morgan fingerprint density at radius 3 is 2.00 bits per heavy atom. The minimum absolute atomic E-state index is 0. The van der Waals surface area contributed by atoms with E-state index in [0.29, 0.717) is 0 Å². The first-order valence-corrected chi connectivity index (χ1v) is 3.01. The monoisotopic (exact) mass is 208 g/mol. The molecule has 10 heavy (non-hydrogen) atoms. The molecule has 0 atom stereocenters. The summed E-state index contributed by atoms with van der Waals surface area (Å²) in [6.07, 6.45) is 0. The molecule has 1 aromatic rings. The topological polar surface area (TPSA) is 0 Å². The predicted molar refractivity (Wildman–Crippen MR) is 49.7 cm³/mol. The van der Waals surface area contributed by atoms with Gasteiger partial charge in [0.1, 0.15) is 0 Å². The van der Waals surface area contributed by atoms with Gasteiger partial charge in [-0.2, -0.15) is 0 Å². The van der Waals surface area contributed by atoms with Crippen LogP contribution in [0.25, 0.3) is 5.57 Å². The summed E-state index contributed by atoms with van der Waals surface area (Å²) in [5.74, 6) is 0. The van der Waals surface area contributed by atoms with Gasteiger partial charge in [-0.3, -0.25) is 0 Å². The Labute approximate surface area is 99.2 Å². The molecule has 1 aromatic carbocycles. The summed E-state index contributed by atoms with van der Waals surface area (Å²) in [4.78, 5) is 0. The Balaban J connectivity index is 0.000000810. The van der Waals surface area contributed by atoms with E-state index in [1.54, 1.807) is 0 Å². The van der Waals surface area contributed by atoms with E-state index in [4.69, 9.17) is 0 Å². The Bertz CT molecular complexity index is 201. The molecule has 0 fully saturated rings. The van der Waals surface area contributed by atoms with Crippen molar-refractivity contribution in [2.24, 2.45) is 0 Å². The van der Waals surface area contributed by atoms with Gasteiger partial charge in [-0.05, 0) is 12.5 Å². The van der Waals surface area contributed by atoms with Crippen LogP contribution in [0.2, 0.25) is 0 Å². The van der Waals surface area contributed by atoms with Crippen molar-refractivity contribution in [3.8, 4) is 0 Å². The molecule has 1 heteroatoms. The molecule has 0 spiro atoms. The fraction of sp³-hybridized carbons (Fsp3) is 0.111. The van der Waals surface area contributed by atoms with Gasteiger partial charge in [0.15, 0.2) is 0 Å². The zero-order valence-electron chi connectivity index (χ0n) is 5.59. The van der Waals surface area contributed by atoms with Gasteiger partial charge in [0, 0.05) is 0 Å². The molecule has 0 aromatic heterocycles. The van der Waals surface area contributed by atoms with Crippen LogP contribution >= 0.6 is 0 Å². The van der Waals surface area contributed by atoms with E-state index in [1.807, 2.05) is 25.1 Å².